The molecule has 114 valence electrons. The molecule has 0 saturated carbocycles. The molecule has 1 aromatic carbocycles. The van der Waals surface area contributed by atoms with Crippen LogP contribution in [0.1, 0.15) is 18.0 Å². The topological polar surface area (TPSA) is 75.2 Å². The Morgan fingerprint density at radius 2 is 2.32 bits per heavy atom. The Morgan fingerprint density at radius 1 is 1.50 bits per heavy atom. The minimum atomic E-state index is -0.594. The highest BCUT2D eigenvalue weighted by Crippen LogP contribution is 2.37. The van der Waals surface area contributed by atoms with E-state index in [9.17, 15) is 14.0 Å². The number of carbonyl (C=O) groups excluding carboxylic acids is 2. The number of nitrogens with one attached hydrogen (secondary N) is 1. The van der Waals surface area contributed by atoms with Gasteiger partial charge in [-0.2, -0.15) is 0 Å². The molecular weight excluding hydrogens is 307 g/mol. The standard InChI is InChI=1S/C14H13FN4O2S/c1-19-11(20)6-10(13(21)17-14-18-16-7-22-14)12(19)8-3-2-4-9(15)5-8/h2-5,7,10,12H,6H2,1H3,(H,17,18,21)/t10-,12-/m1/s1. The fourth-order valence-corrected chi connectivity index (χ4v) is 3.12. The number of amides is 2. The minimum Gasteiger partial charge on any atom is -0.338 e. The van der Waals surface area contributed by atoms with Crippen molar-refractivity contribution >= 4 is 28.3 Å². The molecule has 0 bridgehead atoms. The van der Waals surface area contributed by atoms with E-state index in [1.54, 1.807) is 19.2 Å². The van der Waals surface area contributed by atoms with Crippen molar-refractivity contribution in [2.24, 2.45) is 5.92 Å². The van der Waals surface area contributed by atoms with Crippen LogP contribution in [-0.4, -0.2) is 34.0 Å². The van der Waals surface area contributed by atoms with E-state index in [1.807, 2.05) is 0 Å². The summed E-state index contributed by atoms with van der Waals surface area (Å²) >= 11 is 1.20. The summed E-state index contributed by atoms with van der Waals surface area (Å²) in [6, 6.07) is 5.48. The molecule has 22 heavy (non-hydrogen) atoms. The quantitative estimate of drug-likeness (QED) is 0.936. The van der Waals surface area contributed by atoms with Gasteiger partial charge < -0.3 is 10.2 Å². The lowest BCUT2D eigenvalue weighted by Crippen LogP contribution is -2.30. The molecule has 3 rings (SSSR count). The molecule has 2 amide bonds. The van der Waals surface area contributed by atoms with Gasteiger partial charge in [0.05, 0.1) is 12.0 Å². The van der Waals surface area contributed by atoms with Gasteiger partial charge in [-0.15, -0.1) is 10.2 Å². The fourth-order valence-electron chi connectivity index (χ4n) is 2.68. The highest BCUT2D eigenvalue weighted by molar-refractivity contribution is 7.13. The van der Waals surface area contributed by atoms with Crippen molar-refractivity contribution in [3.63, 3.8) is 0 Å². The van der Waals surface area contributed by atoms with Crippen LogP contribution in [0.2, 0.25) is 0 Å². The Labute approximate surface area is 130 Å². The largest absolute Gasteiger partial charge is 0.338 e. The summed E-state index contributed by atoms with van der Waals surface area (Å²) in [6.07, 6.45) is 0.0856. The van der Waals surface area contributed by atoms with Crippen molar-refractivity contribution in [3.05, 3.63) is 41.2 Å². The lowest BCUT2D eigenvalue weighted by molar-refractivity contribution is -0.127. The van der Waals surface area contributed by atoms with Gasteiger partial charge in [-0.3, -0.25) is 9.59 Å². The molecule has 6 nitrogen and oxygen atoms in total. The molecule has 1 aliphatic heterocycles. The van der Waals surface area contributed by atoms with Gasteiger partial charge in [0.15, 0.2) is 0 Å². The molecule has 0 radical (unpaired) electrons. The summed E-state index contributed by atoms with van der Waals surface area (Å²) in [5.41, 5.74) is 2.11. The van der Waals surface area contributed by atoms with Gasteiger partial charge in [-0.05, 0) is 17.7 Å². The summed E-state index contributed by atoms with van der Waals surface area (Å²) in [5, 5.41) is 10.4. The van der Waals surface area contributed by atoms with Gasteiger partial charge >= 0.3 is 0 Å². The highest BCUT2D eigenvalue weighted by atomic mass is 32.1. The monoisotopic (exact) mass is 320 g/mol. The summed E-state index contributed by atoms with van der Waals surface area (Å²) in [6.45, 7) is 0. The van der Waals surface area contributed by atoms with Crippen LogP contribution < -0.4 is 5.32 Å². The molecule has 2 heterocycles. The SMILES string of the molecule is CN1C(=O)C[C@@H](C(=O)Nc2nncs2)[C@H]1c1cccc(F)c1. The summed E-state index contributed by atoms with van der Waals surface area (Å²) < 4.78 is 13.5. The smallest absolute Gasteiger partial charge is 0.232 e. The maximum atomic E-state index is 13.5. The number of carbonyl (C=O) groups is 2. The summed E-state index contributed by atoms with van der Waals surface area (Å²) in [4.78, 5) is 25.9. The van der Waals surface area contributed by atoms with E-state index in [4.69, 9.17) is 0 Å². The molecule has 8 heteroatoms. The predicted octanol–water partition coefficient (Wildman–Crippen LogP) is 1.84. The second-order valence-electron chi connectivity index (χ2n) is 5.05. The van der Waals surface area contributed by atoms with Crippen LogP contribution in [0.15, 0.2) is 29.8 Å². The molecule has 1 aromatic heterocycles. The lowest BCUT2D eigenvalue weighted by atomic mass is 9.93. The average molecular weight is 320 g/mol. The molecule has 1 aliphatic rings. The van der Waals surface area contributed by atoms with Crippen molar-refractivity contribution in [2.75, 3.05) is 12.4 Å². The third kappa shape index (κ3) is 2.69. The first-order valence-electron chi connectivity index (χ1n) is 6.64. The first-order chi connectivity index (χ1) is 10.6. The molecular formula is C14H13FN4O2S. The maximum absolute atomic E-state index is 13.5. The van der Waals surface area contributed by atoms with E-state index in [-0.39, 0.29) is 18.2 Å². The predicted molar refractivity (Wildman–Crippen MR) is 78.6 cm³/mol. The van der Waals surface area contributed by atoms with Crippen LogP contribution in [0, 0.1) is 11.7 Å². The molecule has 1 saturated heterocycles. The average Bonchev–Trinajstić information content (AvgIpc) is 3.08. The van der Waals surface area contributed by atoms with Crippen LogP contribution in [0.5, 0.6) is 0 Å². The number of likely N-dealkylation sites (tertiary alicyclic amines) is 1. The molecule has 0 aliphatic carbocycles. The zero-order valence-corrected chi connectivity index (χ0v) is 12.5. The summed E-state index contributed by atoms with van der Waals surface area (Å²) in [7, 11) is 1.62. The molecule has 0 unspecified atom stereocenters. The zero-order valence-electron chi connectivity index (χ0n) is 11.7. The van der Waals surface area contributed by atoms with Crippen LogP contribution in [0.3, 0.4) is 0 Å². The van der Waals surface area contributed by atoms with Crippen molar-refractivity contribution in [1.82, 2.24) is 15.1 Å². The van der Waals surface area contributed by atoms with Crippen molar-refractivity contribution < 1.29 is 14.0 Å². The van der Waals surface area contributed by atoms with Gasteiger partial charge in [0.2, 0.25) is 16.9 Å². The Hall–Kier alpha value is -2.35. The van der Waals surface area contributed by atoms with Crippen LogP contribution >= 0.6 is 11.3 Å². The number of hydrogen-bond acceptors (Lipinski definition) is 5. The Kier molecular flexibility index (Phi) is 3.84. The van der Waals surface area contributed by atoms with Gasteiger partial charge in [0.1, 0.15) is 11.3 Å². The number of anilines is 1. The maximum Gasteiger partial charge on any atom is 0.232 e. The summed E-state index contributed by atoms with van der Waals surface area (Å²) in [5.74, 6) is -1.45. The second-order valence-corrected chi connectivity index (χ2v) is 5.88. The number of aromatic nitrogens is 2. The fraction of sp³-hybridized carbons (Fsp3) is 0.286. The third-order valence-electron chi connectivity index (χ3n) is 3.70. The van der Waals surface area contributed by atoms with Gasteiger partial charge in [0, 0.05) is 13.5 Å². The third-order valence-corrected chi connectivity index (χ3v) is 4.31. The molecule has 2 atom stereocenters. The number of nitrogens with zero attached hydrogens (tertiary/aromatic N) is 3. The van der Waals surface area contributed by atoms with Crippen molar-refractivity contribution in [1.29, 1.82) is 0 Å². The first kappa shape index (κ1) is 14.6. The zero-order chi connectivity index (χ0) is 15.7. The van der Waals surface area contributed by atoms with Gasteiger partial charge in [-0.25, -0.2) is 4.39 Å². The Bertz CT molecular complexity index is 707. The van der Waals surface area contributed by atoms with E-state index in [0.29, 0.717) is 10.7 Å². The van der Waals surface area contributed by atoms with Crippen molar-refractivity contribution in [2.45, 2.75) is 12.5 Å². The van der Waals surface area contributed by atoms with E-state index in [0.717, 1.165) is 0 Å². The van der Waals surface area contributed by atoms with Crippen LogP contribution in [0.25, 0.3) is 0 Å². The lowest BCUT2D eigenvalue weighted by Gasteiger charge is -2.24. The molecule has 1 fully saturated rings. The number of hydrogen-bond donors (Lipinski definition) is 1. The Morgan fingerprint density at radius 3 is 3.00 bits per heavy atom. The number of rotatable bonds is 3. The Balaban J connectivity index is 1.88. The first-order valence-corrected chi connectivity index (χ1v) is 7.52. The van der Waals surface area contributed by atoms with E-state index in [2.05, 4.69) is 15.5 Å². The number of halogens is 1. The minimum absolute atomic E-state index is 0.0856. The van der Waals surface area contributed by atoms with E-state index >= 15 is 0 Å². The van der Waals surface area contributed by atoms with E-state index in [1.165, 1.54) is 33.9 Å². The van der Waals surface area contributed by atoms with Gasteiger partial charge in [-0.1, -0.05) is 23.5 Å². The highest BCUT2D eigenvalue weighted by Gasteiger charge is 2.42. The van der Waals surface area contributed by atoms with Crippen molar-refractivity contribution in [3.8, 4) is 0 Å². The second kappa shape index (κ2) is 5.80. The molecule has 2 aromatic rings. The van der Waals surface area contributed by atoms with E-state index < -0.39 is 17.8 Å². The van der Waals surface area contributed by atoms with Crippen LogP contribution in [0.4, 0.5) is 9.52 Å². The van der Waals surface area contributed by atoms with Crippen LogP contribution in [-0.2, 0) is 9.59 Å². The molecule has 1 N–H and O–H groups in total. The number of benzene rings is 1. The molecule has 0 spiro atoms. The normalized spacial score (nSPS) is 21.2. The van der Waals surface area contributed by atoms with Gasteiger partial charge in [0.25, 0.3) is 0 Å².